The average Bonchev–Trinajstić information content (AvgIpc) is 2.97. The van der Waals surface area contributed by atoms with Crippen LogP contribution in [0.5, 0.6) is 0 Å². The van der Waals surface area contributed by atoms with Gasteiger partial charge in [-0.1, -0.05) is 0 Å². The fourth-order valence-corrected chi connectivity index (χ4v) is 2.53. The lowest BCUT2D eigenvalue weighted by Gasteiger charge is -2.18. The van der Waals surface area contributed by atoms with Crippen LogP contribution < -0.4 is 10.2 Å². The third kappa shape index (κ3) is 3.10. The molecule has 0 saturated carbocycles. The number of amides is 2. The van der Waals surface area contributed by atoms with Gasteiger partial charge in [0.25, 0.3) is 5.91 Å². The van der Waals surface area contributed by atoms with Crippen LogP contribution in [-0.2, 0) is 18.4 Å². The second-order valence-corrected chi connectivity index (χ2v) is 5.44. The Bertz CT molecular complexity index is 758. The van der Waals surface area contributed by atoms with E-state index in [9.17, 15) is 9.59 Å². The summed E-state index contributed by atoms with van der Waals surface area (Å²) in [5.41, 5.74) is 2.25. The molecule has 0 aromatic carbocycles. The maximum atomic E-state index is 13.0. The number of carbonyl (C=O) groups is 2. The van der Waals surface area contributed by atoms with Gasteiger partial charge in [0.1, 0.15) is 5.82 Å². The Morgan fingerprint density at radius 3 is 2.43 bits per heavy atom. The summed E-state index contributed by atoms with van der Waals surface area (Å²) in [6.45, 7) is 7.47. The molecular formula is C15H22N6O2. The molecule has 0 aliphatic heterocycles. The maximum Gasteiger partial charge on any atom is 0.279 e. The molecule has 0 aliphatic carbocycles. The first-order chi connectivity index (χ1) is 10.8. The number of carbonyl (C=O) groups excluding carboxylic acids is 2. The number of aromatic nitrogens is 4. The van der Waals surface area contributed by atoms with E-state index in [1.807, 2.05) is 19.9 Å². The van der Waals surface area contributed by atoms with Gasteiger partial charge in [0.05, 0.1) is 17.1 Å². The highest BCUT2D eigenvalue weighted by atomic mass is 16.2. The fraction of sp³-hybridized carbons (Fsp3) is 0.467. The lowest BCUT2D eigenvalue weighted by Crippen LogP contribution is -2.31. The molecular weight excluding hydrogens is 296 g/mol. The SMILES string of the molecule is CCn1nc(C)c(NC(C)=O)c1C(=O)N(C)c1cc(C)nn1C. The van der Waals surface area contributed by atoms with Crippen molar-refractivity contribution in [2.45, 2.75) is 34.2 Å². The van der Waals surface area contributed by atoms with Gasteiger partial charge in [-0.2, -0.15) is 10.2 Å². The van der Waals surface area contributed by atoms with Crippen LogP contribution in [0.25, 0.3) is 0 Å². The summed E-state index contributed by atoms with van der Waals surface area (Å²) in [5, 5.41) is 11.3. The lowest BCUT2D eigenvalue weighted by atomic mass is 10.2. The minimum Gasteiger partial charge on any atom is -0.323 e. The molecule has 8 nitrogen and oxygen atoms in total. The molecule has 124 valence electrons. The largest absolute Gasteiger partial charge is 0.323 e. The van der Waals surface area contributed by atoms with Crippen molar-refractivity contribution in [3.63, 3.8) is 0 Å². The molecule has 0 radical (unpaired) electrons. The zero-order valence-electron chi connectivity index (χ0n) is 14.3. The first-order valence-corrected chi connectivity index (χ1v) is 7.40. The normalized spacial score (nSPS) is 10.7. The summed E-state index contributed by atoms with van der Waals surface area (Å²) in [7, 11) is 3.46. The molecule has 23 heavy (non-hydrogen) atoms. The highest BCUT2D eigenvalue weighted by Gasteiger charge is 2.26. The molecule has 2 aromatic heterocycles. The van der Waals surface area contributed by atoms with Crippen molar-refractivity contribution in [1.29, 1.82) is 0 Å². The summed E-state index contributed by atoms with van der Waals surface area (Å²) in [6.07, 6.45) is 0. The van der Waals surface area contributed by atoms with E-state index in [4.69, 9.17) is 0 Å². The number of hydrogen-bond donors (Lipinski definition) is 1. The topological polar surface area (TPSA) is 85.1 Å². The van der Waals surface area contributed by atoms with Crippen molar-refractivity contribution in [2.24, 2.45) is 7.05 Å². The molecule has 1 N–H and O–H groups in total. The van der Waals surface area contributed by atoms with E-state index >= 15 is 0 Å². The molecule has 0 aliphatic rings. The minimum atomic E-state index is -0.251. The van der Waals surface area contributed by atoms with E-state index in [1.165, 1.54) is 11.8 Å². The van der Waals surface area contributed by atoms with Gasteiger partial charge in [-0.15, -0.1) is 0 Å². The number of nitrogens with one attached hydrogen (secondary N) is 1. The van der Waals surface area contributed by atoms with Crippen LogP contribution in [0.3, 0.4) is 0 Å². The third-order valence-corrected chi connectivity index (χ3v) is 3.56. The summed E-state index contributed by atoms with van der Waals surface area (Å²) < 4.78 is 3.24. The van der Waals surface area contributed by atoms with Gasteiger partial charge in [-0.05, 0) is 20.8 Å². The quantitative estimate of drug-likeness (QED) is 0.925. The van der Waals surface area contributed by atoms with Crippen molar-refractivity contribution >= 4 is 23.3 Å². The zero-order chi connectivity index (χ0) is 17.3. The van der Waals surface area contributed by atoms with Gasteiger partial charge in [0, 0.05) is 33.6 Å². The van der Waals surface area contributed by atoms with E-state index in [1.54, 1.807) is 30.4 Å². The van der Waals surface area contributed by atoms with Crippen molar-refractivity contribution in [1.82, 2.24) is 19.6 Å². The number of rotatable bonds is 4. The van der Waals surface area contributed by atoms with Crippen LogP contribution in [0.15, 0.2) is 6.07 Å². The zero-order valence-corrected chi connectivity index (χ0v) is 14.3. The van der Waals surface area contributed by atoms with Crippen molar-refractivity contribution in [3.05, 3.63) is 23.1 Å². The summed E-state index contributed by atoms with van der Waals surface area (Å²) >= 11 is 0. The van der Waals surface area contributed by atoms with Crippen molar-refractivity contribution in [3.8, 4) is 0 Å². The predicted octanol–water partition coefficient (Wildman–Crippen LogP) is 1.49. The predicted molar refractivity (Wildman–Crippen MR) is 87.6 cm³/mol. The molecule has 0 atom stereocenters. The van der Waals surface area contributed by atoms with E-state index in [0.29, 0.717) is 29.4 Å². The number of nitrogens with zero attached hydrogens (tertiary/aromatic N) is 5. The molecule has 2 amide bonds. The van der Waals surface area contributed by atoms with Gasteiger partial charge >= 0.3 is 0 Å². The van der Waals surface area contributed by atoms with Crippen molar-refractivity contribution in [2.75, 3.05) is 17.3 Å². The monoisotopic (exact) mass is 318 g/mol. The first kappa shape index (κ1) is 16.7. The number of anilines is 2. The van der Waals surface area contributed by atoms with Gasteiger partial charge in [-0.3, -0.25) is 23.9 Å². The first-order valence-electron chi connectivity index (χ1n) is 7.40. The van der Waals surface area contributed by atoms with Gasteiger partial charge in [0.15, 0.2) is 5.69 Å². The minimum absolute atomic E-state index is 0.239. The Balaban J connectivity index is 2.49. The van der Waals surface area contributed by atoms with E-state index in [2.05, 4.69) is 15.5 Å². The summed E-state index contributed by atoms with van der Waals surface area (Å²) in [6, 6.07) is 1.83. The molecule has 8 heteroatoms. The summed E-state index contributed by atoms with van der Waals surface area (Å²) in [4.78, 5) is 25.9. The Labute approximate surface area is 135 Å². The van der Waals surface area contributed by atoms with E-state index in [-0.39, 0.29) is 11.8 Å². The third-order valence-electron chi connectivity index (χ3n) is 3.56. The second kappa shape index (κ2) is 6.23. The Morgan fingerprint density at radius 2 is 1.96 bits per heavy atom. The Kier molecular flexibility index (Phi) is 4.53. The molecule has 2 heterocycles. The highest BCUT2D eigenvalue weighted by Crippen LogP contribution is 2.24. The fourth-order valence-electron chi connectivity index (χ4n) is 2.53. The van der Waals surface area contributed by atoms with Crippen LogP contribution in [0, 0.1) is 13.8 Å². The van der Waals surface area contributed by atoms with E-state index < -0.39 is 0 Å². The smallest absolute Gasteiger partial charge is 0.279 e. The number of hydrogen-bond acceptors (Lipinski definition) is 4. The Hall–Kier alpha value is -2.64. The van der Waals surface area contributed by atoms with Crippen LogP contribution in [0.2, 0.25) is 0 Å². The van der Waals surface area contributed by atoms with Crippen LogP contribution >= 0.6 is 0 Å². The average molecular weight is 318 g/mol. The van der Waals surface area contributed by atoms with Crippen LogP contribution in [-0.4, -0.2) is 38.4 Å². The summed E-state index contributed by atoms with van der Waals surface area (Å²) in [5.74, 6) is 0.179. The van der Waals surface area contributed by atoms with Gasteiger partial charge in [-0.25, -0.2) is 0 Å². The maximum absolute atomic E-state index is 13.0. The van der Waals surface area contributed by atoms with Gasteiger partial charge < -0.3 is 5.32 Å². The standard InChI is InChI=1S/C15H22N6O2/c1-7-21-14(13(10(3)18-21)16-11(4)22)15(23)19(5)12-8-9(2)17-20(12)6/h8H,7H2,1-6H3,(H,16,22). The molecule has 0 bridgehead atoms. The highest BCUT2D eigenvalue weighted by molar-refractivity contribution is 6.10. The molecule has 0 saturated heterocycles. The molecule has 2 rings (SSSR count). The molecule has 2 aromatic rings. The molecule has 0 unspecified atom stereocenters. The Morgan fingerprint density at radius 1 is 1.30 bits per heavy atom. The molecule has 0 fully saturated rings. The van der Waals surface area contributed by atoms with Crippen LogP contribution in [0.1, 0.15) is 35.7 Å². The van der Waals surface area contributed by atoms with Crippen LogP contribution in [0.4, 0.5) is 11.5 Å². The lowest BCUT2D eigenvalue weighted by molar-refractivity contribution is -0.114. The second-order valence-electron chi connectivity index (χ2n) is 5.44. The van der Waals surface area contributed by atoms with E-state index in [0.717, 1.165) is 5.69 Å². The van der Waals surface area contributed by atoms with Gasteiger partial charge in [0.2, 0.25) is 5.91 Å². The number of aryl methyl sites for hydroxylation is 4. The molecule has 0 spiro atoms. The van der Waals surface area contributed by atoms with Crippen molar-refractivity contribution < 1.29 is 9.59 Å².